The van der Waals surface area contributed by atoms with Crippen molar-refractivity contribution < 1.29 is 9.13 Å². The topological polar surface area (TPSA) is 38.5 Å². The number of ether oxygens (including phenoxy) is 1. The van der Waals surface area contributed by atoms with Gasteiger partial charge < -0.3 is 10.5 Å². The molecular weight excluding hydrogens is 219 g/mol. The minimum absolute atomic E-state index is 0.0367. The van der Waals surface area contributed by atoms with Gasteiger partial charge in [0.25, 0.3) is 0 Å². The highest BCUT2D eigenvalue weighted by molar-refractivity contribution is 5.29. The van der Waals surface area contributed by atoms with Crippen molar-refractivity contribution in [3.63, 3.8) is 0 Å². The first kappa shape index (κ1) is 12.3. The minimum atomic E-state index is -0.306. The Morgan fingerprint density at radius 1 is 1.47 bits per heavy atom. The number of likely N-dealkylation sites (tertiary alicyclic amines) is 1. The van der Waals surface area contributed by atoms with E-state index in [1.165, 1.54) is 13.2 Å². The Labute approximate surface area is 101 Å². The van der Waals surface area contributed by atoms with Crippen molar-refractivity contribution in [2.45, 2.75) is 25.4 Å². The fourth-order valence-corrected chi connectivity index (χ4v) is 2.25. The van der Waals surface area contributed by atoms with Gasteiger partial charge in [0.15, 0.2) is 11.6 Å². The summed E-state index contributed by atoms with van der Waals surface area (Å²) in [5.74, 6) is -0.0147. The fraction of sp³-hybridized carbons (Fsp3) is 0.538. The lowest BCUT2D eigenvalue weighted by Gasteiger charge is -2.47. The molecule has 2 N–H and O–H groups in total. The van der Waals surface area contributed by atoms with Gasteiger partial charge >= 0.3 is 0 Å². The van der Waals surface area contributed by atoms with Gasteiger partial charge in [-0.05, 0) is 24.1 Å². The number of hydrogen-bond donors (Lipinski definition) is 1. The van der Waals surface area contributed by atoms with E-state index in [0.29, 0.717) is 5.75 Å². The molecule has 0 aromatic heterocycles. The van der Waals surface area contributed by atoms with Crippen molar-refractivity contribution in [1.82, 2.24) is 4.90 Å². The zero-order valence-electron chi connectivity index (χ0n) is 10.4. The van der Waals surface area contributed by atoms with E-state index in [1.54, 1.807) is 6.07 Å². The van der Waals surface area contributed by atoms with Crippen molar-refractivity contribution in [2.24, 2.45) is 5.73 Å². The van der Waals surface area contributed by atoms with Gasteiger partial charge in [0.1, 0.15) is 0 Å². The molecule has 1 aliphatic heterocycles. The van der Waals surface area contributed by atoms with Crippen LogP contribution in [0.4, 0.5) is 4.39 Å². The summed E-state index contributed by atoms with van der Waals surface area (Å²) in [6.07, 6.45) is 0.987. The highest BCUT2D eigenvalue weighted by Crippen LogP contribution is 2.25. The Morgan fingerprint density at radius 2 is 2.18 bits per heavy atom. The van der Waals surface area contributed by atoms with Gasteiger partial charge in [-0.2, -0.15) is 0 Å². The summed E-state index contributed by atoms with van der Waals surface area (Å²) in [4.78, 5) is 2.23. The van der Waals surface area contributed by atoms with Crippen LogP contribution in [0.25, 0.3) is 0 Å². The van der Waals surface area contributed by atoms with Gasteiger partial charge in [0, 0.05) is 25.2 Å². The van der Waals surface area contributed by atoms with E-state index in [9.17, 15) is 4.39 Å². The molecule has 0 amide bonds. The van der Waals surface area contributed by atoms with Crippen LogP contribution in [-0.2, 0) is 6.54 Å². The zero-order valence-corrected chi connectivity index (χ0v) is 10.4. The van der Waals surface area contributed by atoms with Crippen molar-refractivity contribution in [3.05, 3.63) is 29.6 Å². The monoisotopic (exact) mass is 238 g/mol. The number of rotatable bonds is 4. The van der Waals surface area contributed by atoms with Crippen LogP contribution in [0.3, 0.4) is 0 Å². The maximum absolute atomic E-state index is 13.5. The van der Waals surface area contributed by atoms with Crippen LogP contribution in [0, 0.1) is 5.82 Å². The van der Waals surface area contributed by atoms with E-state index in [1.807, 2.05) is 6.07 Å². The molecule has 94 valence electrons. The predicted octanol–water partition coefficient (Wildman–Crippen LogP) is 1.76. The second-order valence-electron chi connectivity index (χ2n) is 4.83. The Hall–Kier alpha value is -1.13. The fourth-order valence-electron chi connectivity index (χ4n) is 2.25. The first-order valence-electron chi connectivity index (χ1n) is 5.90. The van der Waals surface area contributed by atoms with Crippen LogP contribution in [0.2, 0.25) is 0 Å². The average Bonchev–Trinajstić information content (AvgIpc) is 2.27. The van der Waals surface area contributed by atoms with Crippen LogP contribution in [-0.4, -0.2) is 30.6 Å². The first-order valence-corrected chi connectivity index (χ1v) is 5.90. The molecule has 0 radical (unpaired) electrons. The highest BCUT2D eigenvalue weighted by Gasteiger charge is 2.37. The van der Waals surface area contributed by atoms with Crippen molar-refractivity contribution >= 4 is 0 Å². The van der Waals surface area contributed by atoms with E-state index in [0.717, 1.165) is 31.6 Å². The van der Waals surface area contributed by atoms with Gasteiger partial charge in [-0.3, -0.25) is 4.90 Å². The maximum Gasteiger partial charge on any atom is 0.165 e. The lowest BCUT2D eigenvalue weighted by Crippen LogP contribution is -2.66. The quantitative estimate of drug-likeness (QED) is 0.868. The molecule has 0 unspecified atom stereocenters. The number of hydrogen-bond acceptors (Lipinski definition) is 3. The molecule has 1 fully saturated rings. The van der Waals surface area contributed by atoms with Gasteiger partial charge in [-0.15, -0.1) is 0 Å². The van der Waals surface area contributed by atoms with E-state index in [-0.39, 0.29) is 11.4 Å². The molecule has 17 heavy (non-hydrogen) atoms. The van der Waals surface area contributed by atoms with E-state index < -0.39 is 0 Å². The third kappa shape index (κ3) is 2.58. The van der Waals surface area contributed by atoms with Crippen LogP contribution in [0.5, 0.6) is 5.75 Å². The lowest BCUT2D eigenvalue weighted by molar-refractivity contribution is 0.0606. The van der Waals surface area contributed by atoms with Crippen molar-refractivity contribution in [1.29, 1.82) is 0 Å². The number of nitrogens with zero attached hydrogens (tertiary/aromatic N) is 1. The molecule has 1 saturated heterocycles. The third-order valence-electron chi connectivity index (χ3n) is 3.40. The summed E-state index contributed by atoms with van der Waals surface area (Å²) in [5, 5.41) is 0. The molecule has 4 heteroatoms. The Kier molecular flexibility index (Phi) is 3.35. The zero-order chi connectivity index (χ0) is 12.5. The molecule has 0 spiro atoms. The van der Waals surface area contributed by atoms with Crippen LogP contribution >= 0.6 is 0 Å². The smallest absolute Gasteiger partial charge is 0.165 e. The first-order chi connectivity index (χ1) is 8.06. The molecule has 0 atom stereocenters. The molecular formula is C13H19FN2O. The molecule has 0 aliphatic carbocycles. The number of benzene rings is 1. The summed E-state index contributed by atoms with van der Waals surface area (Å²) in [6, 6.07) is 5.09. The van der Waals surface area contributed by atoms with E-state index >= 15 is 0 Å². The summed E-state index contributed by atoms with van der Waals surface area (Å²) >= 11 is 0. The molecule has 1 aromatic carbocycles. The van der Waals surface area contributed by atoms with Gasteiger partial charge in [0.2, 0.25) is 0 Å². The maximum atomic E-state index is 13.5. The standard InChI is InChI=1S/C13H19FN2O/c1-3-13(15)8-16(9-13)7-10-4-5-12(17-2)11(14)6-10/h4-6H,3,7-9,15H2,1-2H3. The average molecular weight is 238 g/mol. The number of nitrogens with two attached hydrogens (primary N) is 1. The Bertz CT molecular complexity index is 402. The van der Waals surface area contributed by atoms with Crippen LogP contribution < -0.4 is 10.5 Å². The van der Waals surface area contributed by atoms with E-state index in [4.69, 9.17) is 10.5 Å². The molecule has 1 aromatic rings. The normalized spacial score (nSPS) is 18.8. The molecule has 1 heterocycles. The molecule has 0 saturated carbocycles. The number of methoxy groups -OCH3 is 1. The van der Waals surface area contributed by atoms with Gasteiger partial charge in [-0.25, -0.2) is 4.39 Å². The van der Waals surface area contributed by atoms with Gasteiger partial charge in [-0.1, -0.05) is 13.0 Å². The predicted molar refractivity (Wildman–Crippen MR) is 65.4 cm³/mol. The highest BCUT2D eigenvalue weighted by atomic mass is 19.1. The third-order valence-corrected chi connectivity index (χ3v) is 3.40. The van der Waals surface area contributed by atoms with E-state index in [2.05, 4.69) is 11.8 Å². The minimum Gasteiger partial charge on any atom is -0.494 e. The van der Waals surface area contributed by atoms with Crippen LogP contribution in [0.1, 0.15) is 18.9 Å². The van der Waals surface area contributed by atoms with Crippen molar-refractivity contribution in [3.8, 4) is 5.75 Å². The van der Waals surface area contributed by atoms with Gasteiger partial charge in [0.05, 0.1) is 7.11 Å². The molecule has 3 nitrogen and oxygen atoms in total. The summed E-state index contributed by atoms with van der Waals surface area (Å²) in [6.45, 7) is 4.62. The number of halogens is 1. The SMILES string of the molecule is CCC1(N)CN(Cc2ccc(OC)c(F)c2)C1. The second kappa shape index (κ2) is 4.63. The molecule has 1 aliphatic rings. The summed E-state index contributed by atoms with van der Waals surface area (Å²) < 4.78 is 18.4. The largest absolute Gasteiger partial charge is 0.494 e. The molecule has 0 bridgehead atoms. The Balaban J connectivity index is 1.95. The summed E-state index contributed by atoms with van der Waals surface area (Å²) in [7, 11) is 1.47. The Morgan fingerprint density at radius 3 is 2.71 bits per heavy atom. The lowest BCUT2D eigenvalue weighted by atomic mass is 9.88. The molecule has 2 rings (SSSR count). The second-order valence-corrected chi connectivity index (χ2v) is 4.83. The summed E-state index contributed by atoms with van der Waals surface area (Å²) in [5.41, 5.74) is 7.01. The van der Waals surface area contributed by atoms with Crippen LogP contribution in [0.15, 0.2) is 18.2 Å². The van der Waals surface area contributed by atoms with Crippen molar-refractivity contribution in [2.75, 3.05) is 20.2 Å².